The predicted molar refractivity (Wildman–Crippen MR) is 83.1 cm³/mol. The summed E-state index contributed by atoms with van der Waals surface area (Å²) in [6, 6.07) is 0. The Balaban J connectivity index is 1.66. The first kappa shape index (κ1) is 16.8. The van der Waals surface area contributed by atoms with E-state index in [4.69, 9.17) is 0 Å². The van der Waals surface area contributed by atoms with Gasteiger partial charge in [0.05, 0.1) is 12.2 Å². The van der Waals surface area contributed by atoms with Gasteiger partial charge in [-0.15, -0.1) is 0 Å². The van der Waals surface area contributed by atoms with Crippen molar-refractivity contribution in [3.8, 4) is 0 Å². The predicted octanol–water partition coefficient (Wildman–Crippen LogP) is 0.224. The van der Waals surface area contributed by atoms with E-state index in [1.807, 2.05) is 0 Å². The Kier molecular flexibility index (Phi) is 4.31. The Labute approximate surface area is 139 Å². The van der Waals surface area contributed by atoms with Crippen LogP contribution in [0.3, 0.4) is 0 Å². The number of likely N-dealkylation sites (tertiary alicyclic amines) is 1. The lowest BCUT2D eigenvalue weighted by atomic mass is 9.73. The summed E-state index contributed by atoms with van der Waals surface area (Å²) in [6.45, 7) is 2.37. The number of hydrogen-bond acceptors (Lipinski definition) is 6. The van der Waals surface area contributed by atoms with Crippen molar-refractivity contribution in [2.24, 2.45) is 5.41 Å². The van der Waals surface area contributed by atoms with Crippen molar-refractivity contribution in [1.82, 2.24) is 14.5 Å². The van der Waals surface area contributed by atoms with Gasteiger partial charge in [0.1, 0.15) is 6.20 Å². The maximum atomic E-state index is 12.5. The summed E-state index contributed by atoms with van der Waals surface area (Å²) in [4.78, 5) is 28.5. The van der Waals surface area contributed by atoms with E-state index in [1.54, 1.807) is 11.8 Å². The summed E-state index contributed by atoms with van der Waals surface area (Å²) in [5.74, 6) is 0.0113. The Morgan fingerprint density at radius 1 is 1.38 bits per heavy atom. The molecule has 2 N–H and O–H groups in total. The molecule has 1 saturated heterocycles. The fourth-order valence-corrected chi connectivity index (χ4v) is 3.98. The molecule has 2 aliphatic rings. The van der Waals surface area contributed by atoms with Crippen LogP contribution in [-0.2, 0) is 11.3 Å². The normalized spacial score (nSPS) is 26.0. The van der Waals surface area contributed by atoms with Gasteiger partial charge >= 0.3 is 5.82 Å². The van der Waals surface area contributed by atoms with Crippen LogP contribution in [0.4, 0.5) is 5.82 Å². The van der Waals surface area contributed by atoms with Gasteiger partial charge in [-0.2, -0.15) is 0 Å². The van der Waals surface area contributed by atoms with Crippen molar-refractivity contribution in [1.29, 1.82) is 0 Å². The van der Waals surface area contributed by atoms with Crippen molar-refractivity contribution >= 4 is 11.7 Å². The minimum atomic E-state index is -0.552. The lowest BCUT2D eigenvalue weighted by Crippen LogP contribution is -2.50. The molecule has 1 aliphatic carbocycles. The Morgan fingerprint density at radius 2 is 1.96 bits per heavy atom. The standard InChI is InChI=1S/C15H22N4O5/c1-10-16-8-13(19(23)24)18(10)9-14(22)17-6-4-15(5-7-17)11(20)2-3-12(15)21/h8,11-12,20-21H,2-7,9H2,1H3. The molecule has 1 amide bonds. The average molecular weight is 338 g/mol. The van der Waals surface area contributed by atoms with E-state index >= 15 is 0 Å². The first-order valence-corrected chi connectivity index (χ1v) is 8.15. The van der Waals surface area contributed by atoms with E-state index in [-0.39, 0.29) is 18.3 Å². The van der Waals surface area contributed by atoms with E-state index in [0.717, 1.165) is 6.20 Å². The minimum absolute atomic E-state index is 0.125. The van der Waals surface area contributed by atoms with Gasteiger partial charge in [-0.25, -0.2) is 9.55 Å². The smallest absolute Gasteiger partial charge is 0.343 e. The van der Waals surface area contributed by atoms with Gasteiger partial charge in [-0.1, -0.05) is 0 Å². The van der Waals surface area contributed by atoms with E-state index < -0.39 is 22.5 Å². The van der Waals surface area contributed by atoms with Crippen LogP contribution in [0.5, 0.6) is 0 Å². The molecule has 2 unspecified atom stereocenters. The number of amides is 1. The largest absolute Gasteiger partial charge is 0.392 e. The zero-order valence-corrected chi connectivity index (χ0v) is 13.6. The van der Waals surface area contributed by atoms with Crippen molar-refractivity contribution in [2.45, 2.75) is 51.4 Å². The molecule has 1 aliphatic heterocycles. The van der Waals surface area contributed by atoms with Crippen LogP contribution in [0, 0.1) is 22.5 Å². The Hall–Kier alpha value is -2.00. The number of aromatic nitrogens is 2. The summed E-state index contributed by atoms with van der Waals surface area (Å²) in [5.41, 5.74) is -0.506. The molecule has 1 spiro atoms. The molecule has 0 aromatic carbocycles. The third-order valence-electron chi connectivity index (χ3n) is 5.60. The zero-order chi connectivity index (χ0) is 17.5. The number of hydrogen-bond donors (Lipinski definition) is 2. The summed E-state index contributed by atoms with van der Waals surface area (Å²) in [6.07, 6.45) is 2.38. The molecular formula is C15H22N4O5. The zero-order valence-electron chi connectivity index (χ0n) is 13.6. The number of imidazole rings is 1. The minimum Gasteiger partial charge on any atom is -0.392 e. The number of aliphatic hydroxyl groups excluding tert-OH is 2. The molecule has 0 radical (unpaired) electrons. The highest BCUT2D eigenvalue weighted by Gasteiger charge is 2.50. The van der Waals surface area contributed by atoms with Gasteiger partial charge in [-0.3, -0.25) is 4.79 Å². The monoisotopic (exact) mass is 338 g/mol. The van der Waals surface area contributed by atoms with Gasteiger partial charge in [-0.05, 0) is 30.6 Å². The molecule has 2 fully saturated rings. The summed E-state index contributed by atoms with van der Waals surface area (Å²) < 4.78 is 1.30. The van der Waals surface area contributed by atoms with Crippen molar-refractivity contribution in [3.63, 3.8) is 0 Å². The van der Waals surface area contributed by atoms with Crippen LogP contribution >= 0.6 is 0 Å². The molecule has 2 atom stereocenters. The van der Waals surface area contributed by atoms with E-state index in [2.05, 4.69) is 4.98 Å². The number of carbonyl (C=O) groups excluding carboxylic acids is 1. The summed E-state index contributed by atoms with van der Waals surface area (Å²) in [7, 11) is 0. The van der Waals surface area contributed by atoms with Crippen LogP contribution in [0.25, 0.3) is 0 Å². The Bertz CT molecular complexity index is 638. The van der Waals surface area contributed by atoms with Crippen molar-refractivity contribution in [2.75, 3.05) is 13.1 Å². The van der Waals surface area contributed by atoms with Crippen LogP contribution in [-0.4, -0.2) is 60.8 Å². The molecule has 9 nitrogen and oxygen atoms in total. The van der Waals surface area contributed by atoms with E-state index in [9.17, 15) is 25.1 Å². The summed E-state index contributed by atoms with van der Waals surface area (Å²) in [5, 5.41) is 31.4. The first-order valence-electron chi connectivity index (χ1n) is 8.15. The highest BCUT2D eigenvalue weighted by Crippen LogP contribution is 2.46. The van der Waals surface area contributed by atoms with E-state index in [1.165, 1.54) is 4.57 Å². The molecule has 1 aromatic rings. The highest BCUT2D eigenvalue weighted by molar-refractivity contribution is 5.76. The number of nitro groups is 1. The number of piperidine rings is 1. The molecule has 132 valence electrons. The third kappa shape index (κ3) is 2.67. The number of carbonyl (C=O) groups is 1. The van der Waals surface area contributed by atoms with Gasteiger partial charge in [0, 0.05) is 25.4 Å². The second kappa shape index (κ2) is 6.14. The van der Waals surface area contributed by atoms with Gasteiger partial charge in [0.2, 0.25) is 0 Å². The lowest BCUT2D eigenvalue weighted by Gasteiger charge is -2.43. The summed E-state index contributed by atoms with van der Waals surface area (Å²) >= 11 is 0. The SMILES string of the molecule is Cc1ncc([N+](=O)[O-])n1CC(=O)N1CCC2(CC1)C(O)CCC2O. The molecule has 3 rings (SSSR count). The molecule has 1 saturated carbocycles. The molecule has 1 aromatic heterocycles. The molecule has 0 bridgehead atoms. The van der Waals surface area contributed by atoms with E-state index in [0.29, 0.717) is 44.6 Å². The van der Waals surface area contributed by atoms with Crippen LogP contribution < -0.4 is 0 Å². The maximum Gasteiger partial charge on any atom is 0.343 e. The lowest BCUT2D eigenvalue weighted by molar-refractivity contribution is -0.392. The molecule has 9 heteroatoms. The van der Waals surface area contributed by atoms with Gasteiger partial charge < -0.3 is 25.2 Å². The van der Waals surface area contributed by atoms with Gasteiger partial charge in [0.25, 0.3) is 5.91 Å². The fraction of sp³-hybridized carbons (Fsp3) is 0.733. The fourth-order valence-electron chi connectivity index (χ4n) is 3.98. The van der Waals surface area contributed by atoms with Crippen LogP contribution in [0.1, 0.15) is 31.5 Å². The molecule has 2 heterocycles. The quantitative estimate of drug-likeness (QED) is 0.601. The Morgan fingerprint density at radius 3 is 2.50 bits per heavy atom. The van der Waals surface area contributed by atoms with Crippen molar-refractivity contribution in [3.05, 3.63) is 22.1 Å². The number of aliphatic hydroxyl groups is 2. The topological polar surface area (TPSA) is 122 Å². The number of aryl methyl sites for hydroxylation is 1. The van der Waals surface area contributed by atoms with Gasteiger partial charge in [0.15, 0.2) is 12.4 Å². The average Bonchev–Trinajstić information content (AvgIpc) is 3.04. The second-order valence-electron chi connectivity index (χ2n) is 6.73. The van der Waals surface area contributed by atoms with Crippen molar-refractivity contribution < 1.29 is 19.9 Å². The molecular weight excluding hydrogens is 316 g/mol. The van der Waals surface area contributed by atoms with Crippen LogP contribution in [0.2, 0.25) is 0 Å². The first-order chi connectivity index (χ1) is 11.3. The highest BCUT2D eigenvalue weighted by atomic mass is 16.6. The van der Waals surface area contributed by atoms with Crippen LogP contribution in [0.15, 0.2) is 6.20 Å². The number of rotatable bonds is 3. The molecule has 24 heavy (non-hydrogen) atoms. The number of nitrogens with zero attached hydrogens (tertiary/aromatic N) is 4. The second-order valence-corrected chi connectivity index (χ2v) is 6.73. The maximum absolute atomic E-state index is 12.5. The third-order valence-corrected chi connectivity index (χ3v) is 5.60.